The Kier molecular flexibility index (Phi) is 36.2. The van der Waals surface area contributed by atoms with Crippen LogP contribution in [0.15, 0.2) is 180 Å². The van der Waals surface area contributed by atoms with Crippen LogP contribution in [0.5, 0.6) is 63.2 Å². The minimum absolute atomic E-state index is 0. The molecule has 0 aliphatic heterocycles. The van der Waals surface area contributed by atoms with Crippen molar-refractivity contribution < 1.29 is 309 Å². The molecule has 0 fully saturated rings. The van der Waals surface area contributed by atoms with E-state index in [4.69, 9.17) is 52.2 Å². The normalized spacial score (nSPS) is 11.7. The maximum absolute atomic E-state index is 15.5. The Balaban J connectivity index is 0.000000321. The van der Waals surface area contributed by atoms with Crippen LogP contribution in [0.3, 0.4) is 0 Å². The van der Waals surface area contributed by atoms with Crippen molar-refractivity contribution in [1.82, 2.24) is 0 Å². The Hall–Kier alpha value is -11.0. The number of benzene rings is 12. The van der Waals surface area contributed by atoms with Gasteiger partial charge in [-0.3, -0.25) is 0 Å². The van der Waals surface area contributed by atoms with E-state index in [-0.39, 0.29) is 138 Å². The molecule has 0 amide bonds. The first kappa shape index (κ1) is 112. The summed E-state index contributed by atoms with van der Waals surface area (Å²) in [5.41, 5.74) is -22.4. The van der Waals surface area contributed by atoms with Gasteiger partial charge in [-0.2, -0.15) is 70.2 Å². The van der Waals surface area contributed by atoms with Crippen molar-refractivity contribution in [3.05, 3.63) is 325 Å². The molecule has 0 unspecified atom stereocenters. The molecule has 0 saturated heterocycles. The number of alkyl halides is 12. The van der Waals surface area contributed by atoms with Gasteiger partial charge in [0, 0.05) is 29.3 Å². The first-order valence-corrected chi connectivity index (χ1v) is 37.3. The largest absolute Gasteiger partial charge is 1.00 e. The predicted octanol–water partition coefficient (Wildman–Crippen LogP) is 17.7. The van der Waals surface area contributed by atoms with E-state index in [9.17, 15) is 131 Å². The zero-order valence-electron chi connectivity index (χ0n) is 66.1. The molecule has 12 rings (SSSR count). The first-order valence-electron chi connectivity index (χ1n) is 34.5. The minimum atomic E-state index is -6.10. The van der Waals surface area contributed by atoms with Crippen molar-refractivity contribution in [3.8, 4) is 110 Å². The Morgan fingerprint density at radius 2 is 0.597 bits per heavy atom. The van der Waals surface area contributed by atoms with Crippen LogP contribution in [0.1, 0.15) is 38.9 Å². The van der Waals surface area contributed by atoms with E-state index in [1.165, 1.54) is 12.1 Å². The monoisotopic (exact) mass is 2020 g/mol. The molecule has 0 spiro atoms. The van der Waals surface area contributed by atoms with Crippen LogP contribution in [0.4, 0.5) is 140 Å². The van der Waals surface area contributed by atoms with Crippen molar-refractivity contribution in [2.45, 2.75) is 52.2 Å². The summed E-state index contributed by atoms with van der Waals surface area (Å²) >= 11 is 0. The summed E-state index contributed by atoms with van der Waals surface area (Å²) in [6.07, 6.45) is -13.3. The van der Waals surface area contributed by atoms with Crippen LogP contribution in [-0.2, 0) is 31.1 Å². The van der Waals surface area contributed by atoms with Crippen LogP contribution in [0, 0.1) is 148 Å². The van der Waals surface area contributed by atoms with E-state index in [0.29, 0.717) is 77.9 Å². The van der Waals surface area contributed by atoms with Crippen LogP contribution < -0.4 is 122 Å². The van der Waals surface area contributed by atoms with Gasteiger partial charge in [-0.05, 0) is 138 Å². The minimum Gasteiger partial charge on any atom is -0.744 e. The number of rotatable bonds is 15. The molecule has 12 aromatic carbocycles. The fraction of sp³-hybridized carbons (Fsp3) is 0.0952. The van der Waals surface area contributed by atoms with Gasteiger partial charge in [-0.15, -0.1) is 12.8 Å². The van der Waals surface area contributed by atoms with Gasteiger partial charge in [0.25, 0.3) is 0 Å². The van der Waals surface area contributed by atoms with E-state index >= 15 is 35.1 Å². The summed E-state index contributed by atoms with van der Waals surface area (Å²) in [6, 6.07) is 20.7. The number of ether oxygens (including phenoxy) is 4. The van der Waals surface area contributed by atoms with Gasteiger partial charge in [0.2, 0.25) is 57.2 Å². The molecule has 0 bridgehead atoms. The fourth-order valence-electron chi connectivity index (χ4n) is 11.9. The molecule has 4 N–H and O–H groups in total. The zero-order valence-corrected chi connectivity index (χ0v) is 74.0. The summed E-state index contributed by atoms with van der Waals surface area (Å²) in [4.78, 5) is -2.24. The molecule has 12 aromatic rings. The quantitative estimate of drug-likeness (QED) is 0.0142. The van der Waals surface area contributed by atoms with Crippen LogP contribution in [0.25, 0.3) is 22.3 Å². The third kappa shape index (κ3) is 23.4. The Morgan fingerprint density at radius 3 is 0.910 bits per heavy atom. The summed E-state index contributed by atoms with van der Waals surface area (Å²) in [7, 11) is -9.30. The topological polar surface area (TPSA) is 232 Å². The van der Waals surface area contributed by atoms with Gasteiger partial charge in [-0.25, -0.2) is 87.1 Å². The van der Waals surface area contributed by atoms with Gasteiger partial charge < -0.3 is 48.5 Å². The van der Waals surface area contributed by atoms with Gasteiger partial charge in [0.1, 0.15) is 88.5 Å². The van der Waals surface area contributed by atoms with Crippen molar-refractivity contribution in [2.75, 3.05) is 7.11 Å². The molecule has 0 saturated carbocycles. The predicted molar refractivity (Wildman–Crippen MR) is 390 cm³/mol. The number of terminal acetylenes is 2. The smallest absolute Gasteiger partial charge is 0.744 e. The average molecular weight is 2020 g/mol. The van der Waals surface area contributed by atoms with E-state index in [1.54, 1.807) is 13.0 Å². The second kappa shape index (κ2) is 43.4. The number of hydrogen-bond donors (Lipinski definition) is 4. The van der Waals surface area contributed by atoms with Crippen LogP contribution in [0.2, 0.25) is 0 Å². The van der Waals surface area contributed by atoms with Crippen LogP contribution >= 0.6 is 0 Å². The second-order valence-electron chi connectivity index (χ2n) is 26.1. The molecule has 14 nitrogen and oxygen atoms in total. The van der Waals surface area contributed by atoms with Crippen molar-refractivity contribution >= 4 is 20.2 Å². The number of halogens is 32. The third-order valence-corrected chi connectivity index (χ3v) is 19.5. The number of phenolic OH excluding ortho intramolecular Hbond substituents is 4. The number of aromatic hydroxyl groups is 4. The molecule has 0 aliphatic carbocycles. The van der Waals surface area contributed by atoms with Gasteiger partial charge in [0.15, 0.2) is 69.8 Å². The average Bonchev–Trinajstić information content (AvgIpc) is 0.717. The molecule has 0 heterocycles. The first-order chi connectivity index (χ1) is 61.0. The van der Waals surface area contributed by atoms with Gasteiger partial charge in [0.05, 0.1) is 34.3 Å². The summed E-state index contributed by atoms with van der Waals surface area (Å²) in [5.74, 6) is -54.6. The Bertz CT molecular complexity index is 6480. The molecule has 134 heavy (non-hydrogen) atoms. The fourth-order valence-corrected chi connectivity index (χ4v) is 13.1. The van der Waals surface area contributed by atoms with Crippen molar-refractivity contribution in [3.63, 3.8) is 0 Å². The SMILES string of the molecule is C#Cc1cc(C)cc(Oc2ccc(Oc3c(F)c(F)c(-c4c(F)c(F)c(Oc5ccc(C(c6ccc(OC)cc6)(C(F)(F)F)C(F)(F)F)cc5)c(F)c4F)c(F)c3F)c(S(=O)(=O)[O-])c2)c1.C#Cc1cc(F)cc(F)c1.Fc1c(F)c(F)c(-c2c(F)c(F)c(F)c(F)c2F)c(F)c1F.O=S(=O)([O-])c1cc(O)ccc1O.Oc1ccc(C(c2ccc(O)cc2)(C(F)(F)F)C(F)(F)F)cc1.[K+].[K+]. The standard InChI is InChI=1S/C43H22F14O7S.C15H10F6O2.C12F10.C8H4F2.C6H6O5S.2K/c1-4-20-15-19(2)16-26(17-20)62-25-13-14-27(28(18-25)65(58,59)60)64-40-37(50)33(46)30(34(47)38(40)51)29-31(44)35(48)39(36(49)32(29)45)63-24-11-7-22(8-12-24)41(42(52,53)54,43(55,56)57)21-5-9-23(61-3)10-6-21;16-14(17,18)13(15(19,20)21,9-1-5-11(22)6-2-9)10-3-7-12(23)8-4-10;13-3-1(4(14)8(18)11(21)7(3)17)2-5(15)9(19)12(22)10(20)6(2)16;1-2-6-3-7(9)5-8(10)4-6;7-4-1-2-5(8)6(3-4)12(9,10)11;;/h1,5-18H,2-3H3,(H,58,59,60);1-8,22-23H;;1,3-5H;1-3,7-8H,(H,9,10,11);;/q;;;;;2*+1/p-2. The van der Waals surface area contributed by atoms with Crippen molar-refractivity contribution in [1.29, 1.82) is 0 Å². The van der Waals surface area contributed by atoms with E-state index in [1.807, 2.05) is 0 Å². The zero-order chi connectivity index (χ0) is 99.4. The molecule has 0 atom stereocenters. The van der Waals surface area contributed by atoms with E-state index in [0.717, 1.165) is 79.9 Å². The Labute approximate surface area is 815 Å². The molecular weight excluding hydrogens is 1980 g/mol. The van der Waals surface area contributed by atoms with Crippen molar-refractivity contribution in [2.24, 2.45) is 0 Å². The molecular formula is C84H40F32K2O14S2. The summed E-state index contributed by atoms with van der Waals surface area (Å²) in [6.45, 7) is 1.61. The molecule has 698 valence electrons. The van der Waals surface area contributed by atoms with Crippen LogP contribution in [-0.4, -0.2) is 78.2 Å². The number of hydrogen-bond acceptors (Lipinski definition) is 14. The molecule has 0 aromatic heterocycles. The number of methoxy groups -OCH3 is 1. The van der Waals surface area contributed by atoms with Gasteiger partial charge in [-0.1, -0.05) is 60.4 Å². The molecule has 0 aliphatic rings. The number of aryl methyl sites for hydroxylation is 1. The van der Waals surface area contributed by atoms with E-state index < -0.39 is 272 Å². The van der Waals surface area contributed by atoms with E-state index in [2.05, 4.69) is 11.8 Å². The summed E-state index contributed by atoms with van der Waals surface area (Å²) < 4.78 is 535. The molecule has 0 radical (unpaired) electrons. The Morgan fingerprint density at radius 1 is 0.306 bits per heavy atom. The molecule has 50 heteroatoms. The third-order valence-electron chi connectivity index (χ3n) is 17.8. The summed E-state index contributed by atoms with van der Waals surface area (Å²) in [5, 5.41) is 35.9. The van der Waals surface area contributed by atoms with Gasteiger partial charge >= 0.3 is 127 Å². The second-order valence-corrected chi connectivity index (χ2v) is 28.8. The maximum atomic E-state index is 15.5. The maximum Gasteiger partial charge on any atom is 1.00 e. The number of phenols is 4.